The van der Waals surface area contributed by atoms with E-state index in [4.69, 9.17) is 18.9 Å². The van der Waals surface area contributed by atoms with Crippen molar-refractivity contribution in [3.8, 4) is 0 Å². The highest BCUT2D eigenvalue weighted by Crippen LogP contribution is 2.15. The third-order valence-corrected chi connectivity index (χ3v) is 12.2. The van der Waals surface area contributed by atoms with Gasteiger partial charge in [0.1, 0.15) is 13.2 Å². The third-order valence-electron chi connectivity index (χ3n) is 12.2. The summed E-state index contributed by atoms with van der Waals surface area (Å²) in [5.41, 5.74) is 0. The Labute approximate surface area is 425 Å². The molecule has 400 valence electrons. The van der Waals surface area contributed by atoms with Gasteiger partial charge in [0.2, 0.25) is 0 Å². The van der Waals surface area contributed by atoms with Crippen LogP contribution in [-0.2, 0) is 33.3 Å². The lowest BCUT2D eigenvalue weighted by Crippen LogP contribution is -2.44. The Balaban J connectivity index is 4.28. The number of carbonyl (C=O) groups excluding carboxylic acids is 3. The van der Waals surface area contributed by atoms with Crippen LogP contribution in [0.4, 0.5) is 0 Å². The quantitative estimate of drug-likeness (QED) is 0.0195. The smallest absolute Gasteiger partial charge is 0.306 e. The van der Waals surface area contributed by atoms with Crippen LogP contribution in [0.1, 0.15) is 245 Å². The third kappa shape index (κ3) is 52.6. The second-order valence-electron chi connectivity index (χ2n) is 20.2. The van der Waals surface area contributed by atoms with Gasteiger partial charge in [-0.25, -0.2) is 0 Å². The number of rotatable bonds is 52. The number of esters is 2. The number of likely N-dealkylation sites (N-methyl/N-ethyl adjacent to an activating group) is 1. The fraction of sp³-hybridized carbons (Fsp3) is 0.783. The van der Waals surface area contributed by atoms with Gasteiger partial charge in [0.15, 0.2) is 12.4 Å². The number of nitrogens with zero attached hydrogens (tertiary/aromatic N) is 1. The molecule has 0 aliphatic carbocycles. The Morgan fingerprint density at radius 2 is 0.783 bits per heavy atom. The number of carboxylic acids is 1. The summed E-state index contributed by atoms with van der Waals surface area (Å²) >= 11 is 0. The molecule has 0 fully saturated rings. The number of unbranched alkanes of at least 4 members (excludes halogenated alkanes) is 27. The van der Waals surface area contributed by atoms with Gasteiger partial charge in [-0.3, -0.25) is 9.59 Å². The SMILES string of the molecule is CCCCC/C=C\C/C=C\CCCCCCCCCCCC(=O)OCC(COC(OCC[N+](C)(C)C)C(=O)[O-])OC(=O)CCCCCCCCCCCC/C=C\C/C=C\C/C=C\CCCCCCC. The van der Waals surface area contributed by atoms with Crippen LogP contribution in [0.15, 0.2) is 60.8 Å². The molecule has 0 bridgehead atoms. The minimum Gasteiger partial charge on any atom is -0.545 e. The van der Waals surface area contributed by atoms with Crippen LogP contribution in [0.2, 0.25) is 0 Å². The molecule has 9 nitrogen and oxygen atoms in total. The predicted molar refractivity (Wildman–Crippen MR) is 288 cm³/mol. The van der Waals surface area contributed by atoms with Crippen molar-refractivity contribution in [2.75, 3.05) is 47.5 Å². The van der Waals surface area contributed by atoms with Gasteiger partial charge in [-0.2, -0.15) is 0 Å². The lowest BCUT2D eigenvalue weighted by Gasteiger charge is -2.26. The summed E-state index contributed by atoms with van der Waals surface area (Å²) in [5.74, 6) is -2.29. The van der Waals surface area contributed by atoms with E-state index in [1.165, 1.54) is 148 Å². The van der Waals surface area contributed by atoms with Gasteiger partial charge < -0.3 is 33.3 Å². The van der Waals surface area contributed by atoms with E-state index < -0.39 is 24.3 Å². The molecule has 0 spiro atoms. The highest BCUT2D eigenvalue weighted by molar-refractivity contribution is 5.70. The summed E-state index contributed by atoms with van der Waals surface area (Å²) in [5, 5.41) is 11.8. The van der Waals surface area contributed by atoms with Gasteiger partial charge in [-0.05, 0) is 83.5 Å². The van der Waals surface area contributed by atoms with Crippen molar-refractivity contribution in [1.29, 1.82) is 0 Å². The van der Waals surface area contributed by atoms with Crippen LogP contribution in [0.5, 0.6) is 0 Å². The Morgan fingerprint density at radius 3 is 1.19 bits per heavy atom. The van der Waals surface area contributed by atoms with Gasteiger partial charge >= 0.3 is 11.9 Å². The summed E-state index contributed by atoms with van der Waals surface area (Å²) in [7, 11) is 5.92. The van der Waals surface area contributed by atoms with E-state index in [9.17, 15) is 19.5 Å². The van der Waals surface area contributed by atoms with Gasteiger partial charge in [0.05, 0.1) is 40.3 Å². The van der Waals surface area contributed by atoms with Gasteiger partial charge in [0, 0.05) is 12.8 Å². The zero-order valence-corrected chi connectivity index (χ0v) is 45.4. The van der Waals surface area contributed by atoms with E-state index in [2.05, 4.69) is 74.6 Å². The molecule has 0 N–H and O–H groups in total. The molecule has 0 saturated carbocycles. The van der Waals surface area contributed by atoms with Crippen LogP contribution < -0.4 is 5.11 Å². The first-order valence-electron chi connectivity index (χ1n) is 28.4. The van der Waals surface area contributed by atoms with Crippen LogP contribution in [-0.4, -0.2) is 82.3 Å². The molecule has 0 amide bonds. The number of hydrogen-bond acceptors (Lipinski definition) is 8. The molecule has 0 rings (SSSR count). The van der Waals surface area contributed by atoms with E-state index in [1.54, 1.807) is 0 Å². The second-order valence-corrected chi connectivity index (χ2v) is 20.2. The standard InChI is InChI=1S/C60H107NO8/c1-6-8-10-12-14-16-18-20-22-24-26-27-28-29-30-31-33-35-37-39-41-43-45-47-49-51-58(63)69-56(55-68-60(59(64)65)66-53-52-61(3,4)5)54-67-57(62)50-48-46-44-42-40-38-36-34-32-25-23-21-19-17-15-13-11-9-7-2/h15,17-18,20-21,23-24,26,28-29,56,60H,6-14,16,19,22,25,27,30-55H2,1-5H3/b17-15-,20-18-,23-21-,26-24-,29-28-. The normalized spacial score (nSPS) is 13.2. The summed E-state index contributed by atoms with van der Waals surface area (Å²) in [4.78, 5) is 37.3. The molecule has 0 aliphatic rings. The predicted octanol–water partition coefficient (Wildman–Crippen LogP) is 15.1. The molecular weight excluding hydrogens is 863 g/mol. The first-order valence-corrected chi connectivity index (χ1v) is 28.4. The summed E-state index contributed by atoms with van der Waals surface area (Å²) < 4.78 is 22.7. The van der Waals surface area contributed by atoms with Crippen molar-refractivity contribution >= 4 is 17.9 Å². The first kappa shape index (κ1) is 66.0. The Kier molecular flexibility index (Phi) is 49.1. The molecule has 69 heavy (non-hydrogen) atoms. The topological polar surface area (TPSA) is 111 Å². The fourth-order valence-electron chi connectivity index (χ4n) is 7.81. The lowest BCUT2D eigenvalue weighted by molar-refractivity contribution is -0.870. The van der Waals surface area contributed by atoms with E-state index in [0.717, 1.165) is 64.2 Å². The number of ether oxygens (including phenoxy) is 4. The Hall–Kier alpha value is -3.01. The van der Waals surface area contributed by atoms with E-state index in [1.807, 2.05) is 21.1 Å². The van der Waals surface area contributed by atoms with Gasteiger partial charge in [-0.1, -0.05) is 209 Å². The Bertz CT molecular complexity index is 1310. The highest BCUT2D eigenvalue weighted by atomic mass is 16.7. The molecule has 0 aromatic carbocycles. The number of carbonyl (C=O) groups is 3. The lowest BCUT2D eigenvalue weighted by atomic mass is 10.0. The molecule has 0 radical (unpaired) electrons. The van der Waals surface area contributed by atoms with Crippen LogP contribution in [0.3, 0.4) is 0 Å². The number of hydrogen-bond donors (Lipinski definition) is 0. The first-order chi connectivity index (χ1) is 33.6. The molecule has 0 aliphatic heterocycles. The van der Waals surface area contributed by atoms with Crippen LogP contribution in [0.25, 0.3) is 0 Å². The van der Waals surface area contributed by atoms with Crippen molar-refractivity contribution in [3.05, 3.63) is 60.8 Å². The molecule has 0 aromatic rings. The van der Waals surface area contributed by atoms with Crippen LogP contribution in [0, 0.1) is 0 Å². The molecule has 0 heterocycles. The molecule has 0 aromatic heterocycles. The largest absolute Gasteiger partial charge is 0.545 e. The molecule has 0 saturated heterocycles. The second kappa shape index (κ2) is 51.3. The number of aliphatic carboxylic acids is 1. The average molecular weight is 971 g/mol. The monoisotopic (exact) mass is 970 g/mol. The summed E-state index contributed by atoms with van der Waals surface area (Å²) in [6.07, 6.45) is 61.1. The number of carboxylic acid groups (broad SMARTS) is 1. The van der Waals surface area contributed by atoms with Crippen molar-refractivity contribution in [3.63, 3.8) is 0 Å². The minimum atomic E-state index is -1.62. The molecular formula is C60H107NO8. The number of allylic oxidation sites excluding steroid dienone is 10. The highest BCUT2D eigenvalue weighted by Gasteiger charge is 2.22. The fourth-order valence-corrected chi connectivity index (χ4v) is 7.81. The van der Waals surface area contributed by atoms with Crippen LogP contribution >= 0.6 is 0 Å². The zero-order chi connectivity index (χ0) is 50.6. The maximum absolute atomic E-state index is 12.9. The van der Waals surface area contributed by atoms with Gasteiger partial charge in [-0.15, -0.1) is 0 Å². The maximum Gasteiger partial charge on any atom is 0.306 e. The van der Waals surface area contributed by atoms with E-state index in [0.29, 0.717) is 17.4 Å². The molecule has 2 unspecified atom stereocenters. The summed E-state index contributed by atoms with van der Waals surface area (Å²) in [6.45, 7) is 4.72. The Morgan fingerprint density at radius 1 is 0.435 bits per heavy atom. The zero-order valence-electron chi connectivity index (χ0n) is 45.4. The van der Waals surface area contributed by atoms with Crippen molar-refractivity contribution < 1.29 is 42.9 Å². The molecule has 2 atom stereocenters. The van der Waals surface area contributed by atoms with Gasteiger partial charge in [0.25, 0.3) is 0 Å². The van der Waals surface area contributed by atoms with Crippen molar-refractivity contribution in [2.24, 2.45) is 0 Å². The molecule has 9 heteroatoms. The van der Waals surface area contributed by atoms with Crippen molar-refractivity contribution in [1.82, 2.24) is 0 Å². The van der Waals surface area contributed by atoms with Crippen molar-refractivity contribution in [2.45, 2.75) is 257 Å². The van der Waals surface area contributed by atoms with E-state index >= 15 is 0 Å². The minimum absolute atomic E-state index is 0.144. The summed E-state index contributed by atoms with van der Waals surface area (Å²) in [6, 6.07) is 0. The van der Waals surface area contributed by atoms with E-state index in [-0.39, 0.29) is 38.6 Å². The average Bonchev–Trinajstić information content (AvgIpc) is 3.31. The number of quaternary nitrogens is 1. The maximum atomic E-state index is 12.9.